The van der Waals surface area contributed by atoms with E-state index in [2.05, 4.69) is 43.5 Å². The SMILES string of the molecule is CCCCCCC/C=C/CC/C=C/C(O)C(COP(=O)([O-])OCC[N+](C)(C)C)NC(=O)CCCCCCCCCCCCCCCCC/C=C\CCCCCCCCCC. The van der Waals surface area contributed by atoms with Gasteiger partial charge in [0.05, 0.1) is 39.9 Å². The van der Waals surface area contributed by atoms with E-state index in [-0.39, 0.29) is 12.5 Å². The molecule has 3 atom stereocenters. The largest absolute Gasteiger partial charge is 0.756 e. The summed E-state index contributed by atoms with van der Waals surface area (Å²) in [5, 5.41) is 13.7. The van der Waals surface area contributed by atoms with Crippen molar-refractivity contribution in [1.29, 1.82) is 0 Å². The van der Waals surface area contributed by atoms with Gasteiger partial charge in [0.25, 0.3) is 7.82 Å². The van der Waals surface area contributed by atoms with Crippen LogP contribution in [0.4, 0.5) is 0 Å². The van der Waals surface area contributed by atoms with Crippen LogP contribution in [-0.2, 0) is 18.4 Å². The van der Waals surface area contributed by atoms with Crippen LogP contribution in [0.25, 0.3) is 0 Å². The highest BCUT2D eigenvalue weighted by Crippen LogP contribution is 2.38. The number of carbonyl (C=O) groups excluding carboxylic acids is 1. The number of hydrogen-bond donors (Lipinski definition) is 2. The molecule has 0 aliphatic heterocycles. The van der Waals surface area contributed by atoms with Crippen molar-refractivity contribution in [2.45, 2.75) is 244 Å². The maximum absolute atomic E-state index is 12.9. The average Bonchev–Trinajstić information content (AvgIpc) is 3.20. The van der Waals surface area contributed by atoms with E-state index in [0.29, 0.717) is 17.4 Å². The van der Waals surface area contributed by atoms with Crippen LogP contribution in [0, 0.1) is 0 Å². The van der Waals surface area contributed by atoms with Crippen molar-refractivity contribution in [2.75, 3.05) is 40.9 Å². The zero-order valence-corrected chi connectivity index (χ0v) is 41.1. The van der Waals surface area contributed by atoms with Gasteiger partial charge in [-0.05, 0) is 57.8 Å². The van der Waals surface area contributed by atoms with Gasteiger partial charge in [-0.3, -0.25) is 9.36 Å². The summed E-state index contributed by atoms with van der Waals surface area (Å²) in [7, 11) is 1.25. The highest BCUT2D eigenvalue weighted by molar-refractivity contribution is 7.45. The van der Waals surface area contributed by atoms with Crippen LogP contribution in [0.5, 0.6) is 0 Å². The van der Waals surface area contributed by atoms with E-state index in [1.165, 1.54) is 173 Å². The summed E-state index contributed by atoms with van der Waals surface area (Å²) in [5.74, 6) is -0.207. The molecule has 1 amide bonds. The van der Waals surface area contributed by atoms with E-state index in [0.717, 1.165) is 38.5 Å². The van der Waals surface area contributed by atoms with E-state index in [1.807, 2.05) is 27.2 Å². The maximum atomic E-state index is 12.9. The molecule has 0 aliphatic rings. The maximum Gasteiger partial charge on any atom is 0.268 e. The third-order valence-corrected chi connectivity index (χ3v) is 12.3. The highest BCUT2D eigenvalue weighted by Gasteiger charge is 2.23. The van der Waals surface area contributed by atoms with Gasteiger partial charge in [-0.2, -0.15) is 0 Å². The minimum absolute atomic E-state index is 0.00574. The monoisotopic (exact) mass is 867 g/mol. The van der Waals surface area contributed by atoms with Crippen LogP contribution in [0.2, 0.25) is 0 Å². The fraction of sp³-hybridized carbons (Fsp3) is 0.863. The van der Waals surface area contributed by atoms with Crippen molar-refractivity contribution in [3.05, 3.63) is 36.5 Å². The number of hydrogen-bond acceptors (Lipinski definition) is 6. The first-order chi connectivity index (χ1) is 29.0. The van der Waals surface area contributed by atoms with Crippen molar-refractivity contribution in [3.63, 3.8) is 0 Å². The second-order valence-corrected chi connectivity index (χ2v) is 19.9. The summed E-state index contributed by atoms with van der Waals surface area (Å²) in [5.41, 5.74) is 0. The van der Waals surface area contributed by atoms with E-state index >= 15 is 0 Å². The molecular formula is C51H99N2O6P. The van der Waals surface area contributed by atoms with Crippen molar-refractivity contribution >= 4 is 13.7 Å². The summed E-state index contributed by atoms with van der Waals surface area (Å²) in [6.07, 6.45) is 53.6. The van der Waals surface area contributed by atoms with E-state index in [4.69, 9.17) is 9.05 Å². The van der Waals surface area contributed by atoms with Gasteiger partial charge in [0, 0.05) is 6.42 Å². The van der Waals surface area contributed by atoms with Gasteiger partial charge in [-0.1, -0.05) is 204 Å². The summed E-state index contributed by atoms with van der Waals surface area (Å²) < 4.78 is 23.2. The molecule has 8 nitrogen and oxygen atoms in total. The zero-order valence-electron chi connectivity index (χ0n) is 40.2. The molecule has 9 heteroatoms. The number of phosphoric acid groups is 1. The number of nitrogens with one attached hydrogen (secondary N) is 1. The molecule has 0 aromatic carbocycles. The van der Waals surface area contributed by atoms with Gasteiger partial charge in [0.1, 0.15) is 13.2 Å². The molecule has 3 unspecified atom stereocenters. The Morgan fingerprint density at radius 3 is 1.35 bits per heavy atom. The zero-order chi connectivity index (χ0) is 44.3. The fourth-order valence-corrected chi connectivity index (χ4v) is 8.00. The van der Waals surface area contributed by atoms with Gasteiger partial charge in [-0.15, -0.1) is 0 Å². The number of amides is 1. The molecule has 0 aromatic heterocycles. The molecule has 0 radical (unpaired) electrons. The average molecular weight is 867 g/mol. The number of quaternary nitrogens is 1. The quantitative estimate of drug-likeness (QED) is 0.0273. The summed E-state index contributed by atoms with van der Waals surface area (Å²) in [6.45, 7) is 4.61. The molecule has 2 N–H and O–H groups in total. The molecule has 0 aromatic rings. The molecule has 0 fully saturated rings. The predicted molar refractivity (Wildman–Crippen MR) is 256 cm³/mol. The Bertz CT molecular complexity index is 1070. The molecule has 0 saturated carbocycles. The molecule has 0 aliphatic carbocycles. The number of likely N-dealkylation sites (N-methyl/N-ethyl adjacent to an activating group) is 1. The molecule has 0 rings (SSSR count). The van der Waals surface area contributed by atoms with Gasteiger partial charge < -0.3 is 28.8 Å². The third kappa shape index (κ3) is 44.8. The van der Waals surface area contributed by atoms with E-state index < -0.39 is 26.6 Å². The van der Waals surface area contributed by atoms with Crippen molar-refractivity contribution in [2.24, 2.45) is 0 Å². The minimum Gasteiger partial charge on any atom is -0.756 e. The van der Waals surface area contributed by atoms with Gasteiger partial charge in [-0.25, -0.2) is 0 Å². The van der Waals surface area contributed by atoms with Crippen molar-refractivity contribution < 1.29 is 32.9 Å². The van der Waals surface area contributed by atoms with Crippen LogP contribution in [0.15, 0.2) is 36.5 Å². The number of unbranched alkanes of at least 4 members (excludes halogenated alkanes) is 29. The topological polar surface area (TPSA) is 108 Å². The molecule has 0 heterocycles. The Kier molecular flexibility index (Phi) is 42.1. The second kappa shape index (κ2) is 43.0. The number of rotatable bonds is 46. The molecular weight excluding hydrogens is 768 g/mol. The Labute approximate surface area is 372 Å². The Balaban J connectivity index is 4.12. The fourth-order valence-electron chi connectivity index (χ4n) is 7.28. The first-order valence-electron chi connectivity index (χ1n) is 25.4. The number of nitrogens with zero attached hydrogens (tertiary/aromatic N) is 1. The van der Waals surface area contributed by atoms with Crippen LogP contribution < -0.4 is 10.2 Å². The minimum atomic E-state index is -4.59. The molecule has 354 valence electrons. The van der Waals surface area contributed by atoms with Gasteiger partial charge in [0.15, 0.2) is 0 Å². The van der Waals surface area contributed by atoms with Gasteiger partial charge in [0.2, 0.25) is 5.91 Å². The number of phosphoric ester groups is 1. The Morgan fingerprint density at radius 2 is 0.933 bits per heavy atom. The molecule has 0 spiro atoms. The van der Waals surface area contributed by atoms with E-state index in [9.17, 15) is 19.4 Å². The highest BCUT2D eigenvalue weighted by atomic mass is 31.2. The van der Waals surface area contributed by atoms with E-state index in [1.54, 1.807) is 6.08 Å². The summed E-state index contributed by atoms with van der Waals surface area (Å²) in [4.78, 5) is 25.3. The van der Waals surface area contributed by atoms with Crippen LogP contribution in [0.1, 0.15) is 232 Å². The number of aliphatic hydroxyl groups is 1. The lowest BCUT2D eigenvalue weighted by Gasteiger charge is -2.29. The first kappa shape index (κ1) is 58.7. The van der Waals surface area contributed by atoms with Gasteiger partial charge >= 0.3 is 0 Å². The summed E-state index contributed by atoms with van der Waals surface area (Å²) in [6, 6.07) is -0.900. The summed E-state index contributed by atoms with van der Waals surface area (Å²) >= 11 is 0. The smallest absolute Gasteiger partial charge is 0.268 e. The number of aliphatic hydroxyl groups excluding tert-OH is 1. The Hall–Kier alpha value is -1.28. The number of allylic oxidation sites excluding steroid dienone is 5. The van der Waals surface area contributed by atoms with Crippen LogP contribution in [0.3, 0.4) is 0 Å². The third-order valence-electron chi connectivity index (χ3n) is 11.3. The molecule has 60 heavy (non-hydrogen) atoms. The first-order valence-corrected chi connectivity index (χ1v) is 26.8. The van der Waals surface area contributed by atoms with Crippen molar-refractivity contribution in [1.82, 2.24) is 5.32 Å². The standard InChI is InChI=1S/C51H99N2O6P/c1-6-8-10-12-14-16-18-19-20-21-22-23-24-25-26-27-28-29-30-31-32-33-35-37-39-41-43-45-51(55)52-49(48-59-60(56,57)58-47-46-53(3,4)5)50(54)44-42-40-38-36-34-17-15-13-11-9-7-2/h21-22,34,36,42,44,49-50,54H,6-20,23-33,35,37-41,43,45-48H2,1-5H3,(H-,52,55,56,57)/b22-21-,36-34+,44-42+. The lowest BCUT2D eigenvalue weighted by Crippen LogP contribution is -2.45. The predicted octanol–water partition coefficient (Wildman–Crippen LogP) is 14.0. The normalized spacial score (nSPS) is 14.4. The van der Waals surface area contributed by atoms with Crippen molar-refractivity contribution in [3.8, 4) is 0 Å². The Morgan fingerprint density at radius 1 is 0.567 bits per heavy atom. The lowest BCUT2D eigenvalue weighted by molar-refractivity contribution is -0.870. The lowest BCUT2D eigenvalue weighted by atomic mass is 10.0. The molecule has 0 bridgehead atoms. The molecule has 0 saturated heterocycles. The second-order valence-electron chi connectivity index (χ2n) is 18.5. The van der Waals surface area contributed by atoms with Crippen LogP contribution >= 0.6 is 7.82 Å². The number of carbonyl (C=O) groups is 1. The van der Waals surface area contributed by atoms with Crippen LogP contribution in [-0.4, -0.2) is 68.5 Å².